The van der Waals surface area contributed by atoms with Crippen molar-refractivity contribution in [2.45, 2.75) is 19.3 Å². The second kappa shape index (κ2) is 8.41. The van der Waals surface area contributed by atoms with Crippen LogP contribution < -0.4 is 5.32 Å². The second-order valence-electron chi connectivity index (χ2n) is 5.65. The van der Waals surface area contributed by atoms with Crippen LogP contribution in [0.5, 0.6) is 0 Å². The number of hydrogen-bond donors (Lipinski definition) is 1. The van der Waals surface area contributed by atoms with Crippen LogP contribution in [0.4, 0.5) is 31.1 Å². The molecule has 0 aliphatic carbocycles. The molecule has 0 aromatic heterocycles. The van der Waals surface area contributed by atoms with Crippen molar-refractivity contribution < 1.29 is 40.7 Å². The molecule has 0 atom stereocenters. The van der Waals surface area contributed by atoms with E-state index >= 15 is 0 Å². The quantitative estimate of drug-likeness (QED) is 0.713. The van der Waals surface area contributed by atoms with Gasteiger partial charge in [-0.25, -0.2) is 4.79 Å². The number of carbonyl (C=O) groups excluding carboxylic acids is 2. The average Bonchev–Trinajstić information content (AvgIpc) is 2.65. The van der Waals surface area contributed by atoms with Gasteiger partial charge in [-0.2, -0.15) is 26.3 Å². The first-order chi connectivity index (χ1) is 13.4. The maximum Gasteiger partial charge on any atom is 0.417 e. The van der Waals surface area contributed by atoms with E-state index in [-0.39, 0.29) is 12.7 Å². The summed E-state index contributed by atoms with van der Waals surface area (Å²) in [7, 11) is 0. The summed E-state index contributed by atoms with van der Waals surface area (Å²) in [6.45, 7) is 1.78. The molecule has 1 heterocycles. The van der Waals surface area contributed by atoms with E-state index in [1.165, 1.54) is 24.6 Å². The van der Waals surface area contributed by atoms with Crippen LogP contribution in [0.3, 0.4) is 0 Å². The lowest BCUT2D eigenvalue weighted by atomic mass is 10.0. The summed E-state index contributed by atoms with van der Waals surface area (Å²) in [5.74, 6) is -1.16. The molecule has 29 heavy (non-hydrogen) atoms. The van der Waals surface area contributed by atoms with Gasteiger partial charge in [-0.15, -0.1) is 0 Å². The Balaban J connectivity index is 2.19. The smallest absolute Gasteiger partial charge is 0.417 e. The second-order valence-corrected chi connectivity index (χ2v) is 5.65. The zero-order chi connectivity index (χ0) is 21.8. The normalized spacial score (nSPS) is 14.0. The molecule has 0 saturated heterocycles. The molecule has 2 rings (SSSR count). The van der Waals surface area contributed by atoms with Crippen LogP contribution in [0.25, 0.3) is 0 Å². The highest BCUT2D eigenvalue weighted by Gasteiger charge is 2.37. The highest BCUT2D eigenvalue weighted by molar-refractivity contribution is 5.95. The van der Waals surface area contributed by atoms with E-state index in [0.717, 1.165) is 11.1 Å². The van der Waals surface area contributed by atoms with E-state index in [1.54, 1.807) is 6.92 Å². The Bertz CT molecular complexity index is 836. The van der Waals surface area contributed by atoms with E-state index in [1.807, 2.05) is 0 Å². The Hall–Kier alpha value is -3.24. The molecule has 0 unspecified atom stereocenters. The standard InChI is InChI=1S/C18H14F6N2O3/c1-2-29-16(28)26-5-3-11(4-6-26)10-25-15(27)12-7-13(17(19,20)21)9-14(8-12)18(22,23)24/h3-10H,2H2,1H3,(H,25,27). The third-order valence-electron chi connectivity index (χ3n) is 3.55. The maximum absolute atomic E-state index is 12.9. The molecule has 5 nitrogen and oxygen atoms in total. The van der Waals surface area contributed by atoms with Gasteiger partial charge in [0.25, 0.3) is 5.91 Å². The molecule has 0 bridgehead atoms. The molecule has 1 aromatic rings. The summed E-state index contributed by atoms with van der Waals surface area (Å²) in [6, 6.07) is 0.599. The molecular weight excluding hydrogens is 406 g/mol. The highest BCUT2D eigenvalue weighted by Crippen LogP contribution is 2.36. The lowest BCUT2D eigenvalue weighted by Crippen LogP contribution is -2.23. The van der Waals surface area contributed by atoms with Crippen LogP contribution >= 0.6 is 0 Å². The van der Waals surface area contributed by atoms with E-state index in [0.29, 0.717) is 17.7 Å². The first-order valence-electron chi connectivity index (χ1n) is 8.04. The van der Waals surface area contributed by atoms with Crippen LogP contribution in [0.2, 0.25) is 0 Å². The predicted molar refractivity (Wildman–Crippen MR) is 89.1 cm³/mol. The molecule has 1 aliphatic heterocycles. The number of hydrogen-bond acceptors (Lipinski definition) is 3. The molecule has 2 amide bonds. The monoisotopic (exact) mass is 420 g/mol. The third-order valence-corrected chi connectivity index (χ3v) is 3.55. The molecule has 1 aromatic carbocycles. The van der Waals surface area contributed by atoms with E-state index in [4.69, 9.17) is 4.74 Å². The van der Waals surface area contributed by atoms with Crippen molar-refractivity contribution in [3.8, 4) is 0 Å². The Morgan fingerprint density at radius 3 is 1.97 bits per heavy atom. The van der Waals surface area contributed by atoms with E-state index in [2.05, 4.69) is 5.32 Å². The molecule has 11 heteroatoms. The minimum Gasteiger partial charge on any atom is -0.449 e. The Morgan fingerprint density at radius 2 is 1.52 bits per heavy atom. The number of benzene rings is 1. The van der Waals surface area contributed by atoms with Crippen molar-refractivity contribution in [1.29, 1.82) is 0 Å². The lowest BCUT2D eigenvalue weighted by Gasteiger charge is -2.16. The van der Waals surface area contributed by atoms with Crippen LogP contribution in [0, 0.1) is 0 Å². The average molecular weight is 420 g/mol. The summed E-state index contributed by atoms with van der Waals surface area (Å²) in [6.07, 6.45) is -4.31. The number of carbonyl (C=O) groups is 2. The van der Waals surface area contributed by atoms with Gasteiger partial charge < -0.3 is 10.1 Å². The number of alkyl halides is 6. The summed E-state index contributed by atoms with van der Waals surface area (Å²) in [5, 5.41) is 2.12. The molecule has 156 valence electrons. The SMILES string of the molecule is CCOC(=O)N1C=CC(=CNC(=O)c2cc(C(F)(F)F)cc(C(F)(F)F)c2)C=C1. The maximum atomic E-state index is 12.9. The zero-order valence-corrected chi connectivity index (χ0v) is 14.8. The van der Waals surface area contributed by atoms with Gasteiger partial charge in [-0.05, 0) is 42.8 Å². The van der Waals surface area contributed by atoms with E-state index in [9.17, 15) is 35.9 Å². The Kier molecular flexibility index (Phi) is 6.40. The topological polar surface area (TPSA) is 58.6 Å². The van der Waals surface area contributed by atoms with Gasteiger partial charge in [-0.1, -0.05) is 0 Å². The van der Waals surface area contributed by atoms with Crippen LogP contribution in [-0.2, 0) is 17.1 Å². The number of amides is 2. The molecule has 1 aliphatic rings. The minimum atomic E-state index is -5.06. The first-order valence-corrected chi connectivity index (χ1v) is 8.04. The van der Waals surface area contributed by atoms with Crippen LogP contribution in [0.15, 0.2) is 54.5 Å². The first kappa shape index (κ1) is 22.1. The van der Waals surface area contributed by atoms with Crippen LogP contribution in [-0.4, -0.2) is 23.5 Å². The third kappa shape index (κ3) is 5.87. The van der Waals surface area contributed by atoms with Gasteiger partial charge in [0, 0.05) is 24.2 Å². The fourth-order valence-electron chi connectivity index (χ4n) is 2.17. The Morgan fingerprint density at radius 1 is 1.00 bits per heavy atom. The van der Waals surface area contributed by atoms with Gasteiger partial charge in [-0.3, -0.25) is 9.69 Å². The summed E-state index contributed by atoms with van der Waals surface area (Å²) < 4.78 is 81.9. The van der Waals surface area contributed by atoms with Crippen molar-refractivity contribution in [1.82, 2.24) is 10.2 Å². The van der Waals surface area contributed by atoms with Crippen molar-refractivity contribution >= 4 is 12.0 Å². The van der Waals surface area contributed by atoms with Gasteiger partial charge in [0.1, 0.15) is 0 Å². The van der Waals surface area contributed by atoms with Crippen molar-refractivity contribution in [2.75, 3.05) is 6.61 Å². The summed E-state index contributed by atoms with van der Waals surface area (Å²) in [4.78, 5) is 24.7. The number of allylic oxidation sites excluding steroid dienone is 3. The molecular formula is C18H14F6N2O3. The number of rotatable bonds is 3. The molecule has 0 radical (unpaired) electrons. The van der Waals surface area contributed by atoms with Gasteiger partial charge in [0.15, 0.2) is 0 Å². The van der Waals surface area contributed by atoms with Gasteiger partial charge in [0.05, 0.1) is 17.7 Å². The molecule has 1 N–H and O–H groups in total. The molecule has 0 spiro atoms. The summed E-state index contributed by atoms with van der Waals surface area (Å²) in [5.41, 5.74) is -3.65. The highest BCUT2D eigenvalue weighted by atomic mass is 19.4. The fourth-order valence-corrected chi connectivity index (χ4v) is 2.17. The van der Waals surface area contributed by atoms with Crippen molar-refractivity contribution in [3.63, 3.8) is 0 Å². The summed E-state index contributed by atoms with van der Waals surface area (Å²) >= 11 is 0. The minimum absolute atomic E-state index is 0.0637. The van der Waals surface area contributed by atoms with E-state index < -0.39 is 41.0 Å². The van der Waals surface area contributed by atoms with Crippen LogP contribution in [0.1, 0.15) is 28.4 Å². The number of halogens is 6. The number of nitrogens with one attached hydrogen (secondary N) is 1. The lowest BCUT2D eigenvalue weighted by molar-refractivity contribution is -0.143. The zero-order valence-electron chi connectivity index (χ0n) is 14.8. The fraction of sp³-hybridized carbons (Fsp3) is 0.222. The van der Waals surface area contributed by atoms with Gasteiger partial charge >= 0.3 is 18.4 Å². The molecule has 0 fully saturated rings. The van der Waals surface area contributed by atoms with Gasteiger partial charge in [0.2, 0.25) is 0 Å². The predicted octanol–water partition coefficient (Wildman–Crippen LogP) is 4.84. The van der Waals surface area contributed by atoms with Crippen molar-refractivity contribution in [3.05, 3.63) is 71.2 Å². The number of ether oxygens (including phenoxy) is 1. The molecule has 0 saturated carbocycles. The number of nitrogens with zero attached hydrogens (tertiary/aromatic N) is 1. The Labute approximate surface area is 160 Å². The van der Waals surface area contributed by atoms with Crippen molar-refractivity contribution in [2.24, 2.45) is 0 Å². The largest absolute Gasteiger partial charge is 0.449 e.